The number of imidazole rings is 1. The van der Waals surface area contributed by atoms with Gasteiger partial charge in [-0.2, -0.15) is 0 Å². The van der Waals surface area contributed by atoms with Crippen LogP contribution < -0.4 is 15.4 Å². The lowest BCUT2D eigenvalue weighted by molar-refractivity contribution is -0.136. The highest BCUT2D eigenvalue weighted by Crippen LogP contribution is 2.50. The first-order valence-electron chi connectivity index (χ1n) is 21.8. The molecule has 4 aliphatic heterocycles. The summed E-state index contributed by atoms with van der Waals surface area (Å²) in [7, 11) is 4.08. The molecule has 15 nitrogen and oxygen atoms in total. The van der Waals surface area contributed by atoms with Crippen LogP contribution in [-0.4, -0.2) is 108 Å². The van der Waals surface area contributed by atoms with E-state index in [4.69, 9.17) is 28.9 Å². The van der Waals surface area contributed by atoms with E-state index in [2.05, 4.69) is 65.9 Å². The van der Waals surface area contributed by atoms with Crippen molar-refractivity contribution in [1.82, 2.24) is 30.4 Å². The van der Waals surface area contributed by atoms with Gasteiger partial charge in [-0.25, -0.2) is 14.6 Å². The third-order valence-electron chi connectivity index (χ3n) is 13.2. The van der Waals surface area contributed by atoms with Gasteiger partial charge in [-0.1, -0.05) is 45.9 Å². The van der Waals surface area contributed by atoms with Crippen LogP contribution in [0.2, 0.25) is 0 Å². The van der Waals surface area contributed by atoms with E-state index in [0.717, 1.165) is 87.7 Å². The van der Waals surface area contributed by atoms with Gasteiger partial charge < -0.3 is 44.4 Å². The summed E-state index contributed by atoms with van der Waals surface area (Å²) >= 11 is 0. The molecule has 0 unspecified atom stereocenters. The normalized spacial score (nSPS) is 19.9. The zero-order valence-electron chi connectivity index (χ0n) is 37.2. The number of rotatable bonds is 11. The van der Waals surface area contributed by atoms with Crippen LogP contribution in [0.15, 0.2) is 65.8 Å². The molecule has 0 aliphatic carbocycles. The number of fused-ring (bicyclic) bond motifs is 3. The smallest absolute Gasteiger partial charge is 0.407 e. The number of nitrogens with one attached hydrogen (secondary N) is 3. The Balaban J connectivity index is 0.971. The van der Waals surface area contributed by atoms with E-state index in [0.29, 0.717) is 25.3 Å². The first-order chi connectivity index (χ1) is 30.2. The van der Waals surface area contributed by atoms with Gasteiger partial charge in [-0.05, 0) is 91.6 Å². The summed E-state index contributed by atoms with van der Waals surface area (Å²) in [5.41, 5.74) is 8.53. The van der Waals surface area contributed by atoms with Crippen molar-refractivity contribution < 1.29 is 38.1 Å². The van der Waals surface area contributed by atoms with Crippen LogP contribution in [0.1, 0.15) is 88.9 Å². The molecule has 4 amide bonds. The van der Waals surface area contributed by atoms with E-state index in [1.165, 1.54) is 21.3 Å². The van der Waals surface area contributed by atoms with E-state index in [1.807, 2.05) is 48.0 Å². The van der Waals surface area contributed by atoms with Crippen molar-refractivity contribution >= 4 is 35.4 Å². The minimum Gasteiger partial charge on any atom is -0.457 e. The number of hydrogen-bond acceptors (Lipinski definition) is 10. The highest BCUT2D eigenvalue weighted by molar-refractivity contribution is 6.01. The number of alkyl carbamates (subject to hydrolysis) is 2. The average molecular weight is 860 g/mol. The monoisotopic (exact) mass is 859 g/mol. The van der Waals surface area contributed by atoms with Crippen LogP contribution in [0.3, 0.4) is 0 Å². The molecule has 0 spiro atoms. The third kappa shape index (κ3) is 8.26. The first kappa shape index (κ1) is 43.4. The maximum absolute atomic E-state index is 13.8. The van der Waals surface area contributed by atoms with Crippen molar-refractivity contribution in [1.29, 1.82) is 0 Å². The molecule has 63 heavy (non-hydrogen) atoms. The second-order valence-electron chi connectivity index (χ2n) is 17.7. The molecule has 0 radical (unpaired) electrons. The van der Waals surface area contributed by atoms with Gasteiger partial charge in [0.15, 0.2) is 0 Å². The Kier molecular flexibility index (Phi) is 12.1. The quantitative estimate of drug-likeness (QED) is 0.137. The molecule has 8 rings (SSSR count). The Morgan fingerprint density at radius 1 is 0.778 bits per heavy atom. The fourth-order valence-electron chi connectivity index (χ4n) is 9.54. The molecule has 5 heterocycles. The number of H-pyrrole nitrogens is 1. The third-order valence-corrected chi connectivity index (χ3v) is 13.2. The molecular formula is C48H57N7O8. The summed E-state index contributed by atoms with van der Waals surface area (Å²) in [5, 5.41) is 5.37. The molecule has 5 atom stereocenters. The van der Waals surface area contributed by atoms with Crippen LogP contribution in [0, 0.1) is 5.92 Å². The number of hydrogen-bond donors (Lipinski definition) is 3. The Morgan fingerprint density at radius 2 is 1.41 bits per heavy atom. The van der Waals surface area contributed by atoms with Gasteiger partial charge >= 0.3 is 12.2 Å². The molecular weight excluding hydrogens is 803 g/mol. The summed E-state index contributed by atoms with van der Waals surface area (Å²) in [5.74, 6) is 1.81. The van der Waals surface area contributed by atoms with Crippen LogP contribution in [0.4, 0.5) is 15.3 Å². The number of likely N-dealkylation sites (tertiary alicyclic amines) is 2. The molecule has 1 aromatic heterocycles. The van der Waals surface area contributed by atoms with E-state index in [-0.39, 0.29) is 35.2 Å². The van der Waals surface area contributed by atoms with Gasteiger partial charge in [0.1, 0.15) is 29.4 Å². The minimum absolute atomic E-state index is 0.120. The van der Waals surface area contributed by atoms with Crippen molar-refractivity contribution in [3.8, 4) is 33.9 Å². The zero-order chi connectivity index (χ0) is 44.7. The van der Waals surface area contributed by atoms with Crippen molar-refractivity contribution in [2.45, 2.75) is 102 Å². The lowest BCUT2D eigenvalue weighted by atomic mass is 9.75. The highest BCUT2D eigenvalue weighted by Gasteiger charge is 2.41. The topological polar surface area (TPSA) is 177 Å². The van der Waals surface area contributed by atoms with Gasteiger partial charge in [0, 0.05) is 54.4 Å². The second kappa shape index (κ2) is 17.5. The van der Waals surface area contributed by atoms with Crippen molar-refractivity contribution in [3.05, 3.63) is 83.3 Å². The number of carbonyl (C=O) groups is 4. The largest absolute Gasteiger partial charge is 0.457 e. The molecule has 0 saturated carbocycles. The number of benzene rings is 3. The fourth-order valence-corrected chi connectivity index (χ4v) is 9.54. The second-order valence-corrected chi connectivity index (χ2v) is 17.7. The lowest BCUT2D eigenvalue weighted by Crippen LogP contribution is -2.56. The molecule has 332 valence electrons. The van der Waals surface area contributed by atoms with Gasteiger partial charge in [-0.3, -0.25) is 14.6 Å². The Labute approximate surface area is 367 Å². The van der Waals surface area contributed by atoms with Crippen LogP contribution in [0.5, 0.6) is 11.5 Å². The van der Waals surface area contributed by atoms with Gasteiger partial charge in [0.25, 0.3) is 0 Å². The number of carbonyl (C=O) groups excluding carboxylic acids is 4. The van der Waals surface area contributed by atoms with Crippen LogP contribution in [0.25, 0.3) is 22.4 Å². The van der Waals surface area contributed by atoms with Crippen molar-refractivity contribution in [2.75, 3.05) is 34.4 Å². The van der Waals surface area contributed by atoms with E-state index >= 15 is 0 Å². The highest BCUT2D eigenvalue weighted by atomic mass is 16.5. The van der Waals surface area contributed by atoms with Crippen molar-refractivity contribution in [3.63, 3.8) is 0 Å². The molecule has 3 aromatic carbocycles. The van der Waals surface area contributed by atoms with Crippen LogP contribution >= 0.6 is 0 Å². The van der Waals surface area contributed by atoms with Crippen molar-refractivity contribution in [2.24, 2.45) is 10.9 Å². The zero-order valence-corrected chi connectivity index (χ0v) is 37.2. The first-order valence-corrected chi connectivity index (χ1v) is 21.8. The summed E-state index contributed by atoms with van der Waals surface area (Å²) in [4.78, 5) is 68.6. The van der Waals surface area contributed by atoms with E-state index in [9.17, 15) is 19.2 Å². The fraction of sp³-hybridized carbons (Fsp3) is 0.458. The predicted molar refractivity (Wildman–Crippen MR) is 237 cm³/mol. The number of aromatic nitrogens is 2. The Morgan fingerprint density at radius 3 is 2.11 bits per heavy atom. The standard InChI is InChI=1S/C48H57N7O8/c1-26(2)41(52-46(58)61-7)44(56)55-20-10-12-38(55)43-49-25-36(51-43)30-15-18-39-33(22-30)48(4,5)32-16-13-29(24-40(32)63-39)28-14-17-34-31(21-28)23-35(50-34)37-11-9-19-54(37)45(57)42(27(3)60-6)53-47(59)62-8/h13-18,21-22,24-27,37-38,41-42H,9-12,19-20,23H2,1-8H3,(H,49,51)(H,52,58)(H,53,59)/t27-,37+,38+,41+,42+/m1/s1. The van der Waals surface area contributed by atoms with Gasteiger partial charge in [0.05, 0.1) is 50.0 Å². The number of nitrogens with zero attached hydrogens (tertiary/aromatic N) is 4. The number of aliphatic imine (C=N–C) groups is 1. The van der Waals surface area contributed by atoms with E-state index in [1.54, 1.807) is 6.92 Å². The summed E-state index contributed by atoms with van der Waals surface area (Å²) in [6.07, 6.45) is 3.81. The molecule has 2 fully saturated rings. The number of methoxy groups -OCH3 is 3. The number of aromatic amines is 1. The molecule has 3 N–H and O–H groups in total. The van der Waals surface area contributed by atoms with Gasteiger partial charge in [-0.15, -0.1) is 0 Å². The molecule has 4 aliphatic rings. The lowest BCUT2D eigenvalue weighted by Gasteiger charge is -2.35. The van der Waals surface area contributed by atoms with E-state index < -0.39 is 30.4 Å². The summed E-state index contributed by atoms with van der Waals surface area (Å²) in [6.45, 7) is 11.1. The summed E-state index contributed by atoms with van der Waals surface area (Å²) in [6, 6.07) is 16.9. The SMILES string of the molecule is COC(=O)N[C@H](C(=O)N1CCC[C@H]1c1ncc(-c2ccc3c(c2)C(C)(C)c2ccc(-c4ccc5c(c4)CC([C@@H]4CCCN4C(=O)[C@@H](NC(=O)OC)[C@@H](C)OC)=N5)cc2O3)[nH]1)C(C)C. The minimum atomic E-state index is -0.884. The maximum atomic E-state index is 13.8. The summed E-state index contributed by atoms with van der Waals surface area (Å²) < 4.78 is 21.7. The predicted octanol–water partition coefficient (Wildman–Crippen LogP) is 7.60. The molecule has 0 bridgehead atoms. The molecule has 15 heteroatoms. The molecule has 2 saturated heterocycles. The van der Waals surface area contributed by atoms with Crippen LogP contribution in [-0.2, 0) is 35.6 Å². The number of ether oxygens (including phenoxy) is 4. The molecule has 4 aromatic rings. The maximum Gasteiger partial charge on any atom is 0.407 e. The van der Waals surface area contributed by atoms with Gasteiger partial charge in [0.2, 0.25) is 11.8 Å². The average Bonchev–Trinajstić information content (AvgIpc) is 4.12. The Hall–Kier alpha value is -6.22. The Bertz CT molecular complexity index is 2460. The number of amides is 4.